The van der Waals surface area contributed by atoms with E-state index in [0.29, 0.717) is 12.5 Å². The molecule has 0 saturated carbocycles. The molecular weight excluding hydrogens is 270 g/mol. The molecule has 0 spiro atoms. The van der Waals surface area contributed by atoms with Crippen molar-refractivity contribution in [2.24, 2.45) is 0 Å². The smallest absolute Gasteiger partial charge is 0.328 e. The summed E-state index contributed by atoms with van der Waals surface area (Å²) >= 11 is 1.67. The molecule has 0 aliphatic carbocycles. The zero-order valence-corrected chi connectivity index (χ0v) is 13.6. The fourth-order valence-electron chi connectivity index (χ4n) is 1.92. The fourth-order valence-corrected chi connectivity index (χ4v) is 2.17. The van der Waals surface area contributed by atoms with Crippen LogP contribution in [0.25, 0.3) is 0 Å². The molecule has 0 aliphatic heterocycles. The Labute approximate surface area is 126 Å². The van der Waals surface area contributed by atoms with Gasteiger partial charge in [0.25, 0.3) is 0 Å². The van der Waals surface area contributed by atoms with Crippen molar-refractivity contribution in [2.45, 2.75) is 39.2 Å². The molecule has 0 radical (unpaired) electrons. The first kappa shape index (κ1) is 16.9. The van der Waals surface area contributed by atoms with Gasteiger partial charge >= 0.3 is 5.97 Å². The van der Waals surface area contributed by atoms with E-state index in [1.807, 2.05) is 31.4 Å². The molecule has 0 fully saturated rings. The summed E-state index contributed by atoms with van der Waals surface area (Å²) in [5, 5.41) is 3.27. The molecule has 0 bridgehead atoms. The van der Waals surface area contributed by atoms with E-state index >= 15 is 0 Å². The van der Waals surface area contributed by atoms with E-state index in [9.17, 15) is 4.79 Å². The number of anilines is 1. The minimum absolute atomic E-state index is 0.196. The Bertz CT molecular complexity index is 423. The first-order valence-electron chi connectivity index (χ1n) is 7.11. The predicted octanol–water partition coefficient (Wildman–Crippen LogP) is 3.91. The first-order chi connectivity index (χ1) is 9.60. The Balaban J connectivity index is 2.65. The van der Waals surface area contributed by atoms with Crippen LogP contribution in [0.1, 0.15) is 38.7 Å². The molecule has 1 aromatic carbocycles. The van der Waals surface area contributed by atoms with Gasteiger partial charge in [0.1, 0.15) is 12.6 Å². The topological polar surface area (TPSA) is 38.3 Å². The highest BCUT2D eigenvalue weighted by Gasteiger charge is 2.16. The highest BCUT2D eigenvalue weighted by molar-refractivity contribution is 7.98. The van der Waals surface area contributed by atoms with Gasteiger partial charge in [0, 0.05) is 11.4 Å². The van der Waals surface area contributed by atoms with Gasteiger partial charge in [0.2, 0.25) is 0 Å². The molecule has 2 atom stereocenters. The number of para-hydroxylation sites is 1. The molecular formula is C16H25NO2S. The molecule has 1 N–H and O–H groups in total. The molecule has 1 rings (SSSR count). The zero-order valence-electron chi connectivity index (χ0n) is 12.8. The highest BCUT2D eigenvalue weighted by Crippen LogP contribution is 2.27. The molecule has 0 heterocycles. The van der Waals surface area contributed by atoms with Crippen LogP contribution in [-0.4, -0.2) is 30.6 Å². The summed E-state index contributed by atoms with van der Waals surface area (Å²) in [6.45, 7) is 6.68. The largest absolute Gasteiger partial charge is 0.463 e. The van der Waals surface area contributed by atoms with Crippen LogP contribution in [0, 0.1) is 0 Å². The van der Waals surface area contributed by atoms with Crippen molar-refractivity contribution in [1.82, 2.24) is 0 Å². The Morgan fingerprint density at radius 3 is 2.70 bits per heavy atom. The van der Waals surface area contributed by atoms with E-state index in [1.54, 1.807) is 11.8 Å². The number of carbonyl (C=O) groups excluding carboxylic acids is 1. The highest BCUT2D eigenvalue weighted by atomic mass is 32.2. The number of benzene rings is 1. The Morgan fingerprint density at radius 1 is 1.35 bits per heavy atom. The second kappa shape index (κ2) is 8.90. The van der Waals surface area contributed by atoms with Gasteiger partial charge in [-0.25, -0.2) is 4.79 Å². The minimum Gasteiger partial charge on any atom is -0.463 e. The maximum Gasteiger partial charge on any atom is 0.328 e. The Morgan fingerprint density at radius 2 is 2.05 bits per heavy atom. The third-order valence-corrected chi connectivity index (χ3v) is 3.94. The maximum atomic E-state index is 11.9. The fraction of sp³-hybridized carbons (Fsp3) is 0.562. The molecule has 112 valence electrons. The first-order valence-corrected chi connectivity index (χ1v) is 8.50. The van der Waals surface area contributed by atoms with Gasteiger partial charge in [-0.1, -0.05) is 32.0 Å². The van der Waals surface area contributed by atoms with Crippen molar-refractivity contribution >= 4 is 23.4 Å². The van der Waals surface area contributed by atoms with Crippen molar-refractivity contribution in [3.63, 3.8) is 0 Å². The van der Waals surface area contributed by atoms with Gasteiger partial charge in [-0.2, -0.15) is 11.8 Å². The van der Waals surface area contributed by atoms with Gasteiger partial charge in [-0.3, -0.25) is 0 Å². The monoisotopic (exact) mass is 295 g/mol. The summed E-state index contributed by atoms with van der Waals surface area (Å²) in [6, 6.07) is 7.82. The second-order valence-electron chi connectivity index (χ2n) is 4.92. The van der Waals surface area contributed by atoms with Crippen LogP contribution in [0.4, 0.5) is 5.69 Å². The molecule has 20 heavy (non-hydrogen) atoms. The molecule has 3 nitrogen and oxygen atoms in total. The lowest BCUT2D eigenvalue weighted by molar-refractivity contribution is -0.143. The molecule has 1 aromatic rings. The van der Waals surface area contributed by atoms with E-state index in [-0.39, 0.29) is 12.0 Å². The van der Waals surface area contributed by atoms with Gasteiger partial charge in [0.05, 0.1) is 0 Å². The van der Waals surface area contributed by atoms with Crippen LogP contribution in [0.5, 0.6) is 0 Å². The predicted molar refractivity (Wildman–Crippen MR) is 87.6 cm³/mol. The van der Waals surface area contributed by atoms with Crippen molar-refractivity contribution < 1.29 is 9.53 Å². The average Bonchev–Trinajstić information content (AvgIpc) is 2.47. The van der Waals surface area contributed by atoms with E-state index in [1.165, 1.54) is 5.56 Å². The molecule has 0 aliphatic rings. The lowest BCUT2D eigenvalue weighted by Crippen LogP contribution is -2.29. The van der Waals surface area contributed by atoms with E-state index < -0.39 is 0 Å². The number of ether oxygens (including phenoxy) is 1. The summed E-state index contributed by atoms with van der Waals surface area (Å²) < 4.78 is 5.22. The van der Waals surface area contributed by atoms with Gasteiger partial charge < -0.3 is 10.1 Å². The summed E-state index contributed by atoms with van der Waals surface area (Å²) in [7, 11) is 0. The molecule has 1 unspecified atom stereocenters. The number of hydrogen-bond donors (Lipinski definition) is 1. The van der Waals surface area contributed by atoms with E-state index in [2.05, 4.69) is 25.2 Å². The number of rotatable bonds is 8. The van der Waals surface area contributed by atoms with Crippen LogP contribution in [0.2, 0.25) is 0 Å². The van der Waals surface area contributed by atoms with Crippen molar-refractivity contribution in [2.75, 3.05) is 23.9 Å². The van der Waals surface area contributed by atoms with Crippen LogP contribution in [-0.2, 0) is 9.53 Å². The SMILES string of the molecule is CCC(C)c1ccccc1N[C@@H](C)C(=O)OCCSC. The molecule has 0 aromatic heterocycles. The third kappa shape index (κ3) is 5.08. The number of thioether (sulfide) groups is 1. The van der Waals surface area contributed by atoms with Crippen molar-refractivity contribution in [1.29, 1.82) is 0 Å². The number of nitrogens with one attached hydrogen (secondary N) is 1. The summed E-state index contributed by atoms with van der Waals surface area (Å²) in [5.74, 6) is 1.11. The van der Waals surface area contributed by atoms with Crippen molar-refractivity contribution in [3.05, 3.63) is 29.8 Å². The normalized spacial score (nSPS) is 13.6. The summed E-state index contributed by atoms with van der Waals surface area (Å²) in [5.41, 5.74) is 2.27. The van der Waals surface area contributed by atoms with Crippen LogP contribution < -0.4 is 5.32 Å². The molecule has 0 amide bonds. The Kier molecular flexibility index (Phi) is 7.52. The lowest BCUT2D eigenvalue weighted by atomic mass is 9.96. The number of hydrogen-bond acceptors (Lipinski definition) is 4. The third-order valence-electron chi connectivity index (χ3n) is 3.36. The molecule has 4 heteroatoms. The second-order valence-corrected chi connectivity index (χ2v) is 5.91. The van der Waals surface area contributed by atoms with Crippen molar-refractivity contribution in [3.8, 4) is 0 Å². The lowest BCUT2D eigenvalue weighted by Gasteiger charge is -2.19. The van der Waals surface area contributed by atoms with E-state index in [0.717, 1.165) is 17.9 Å². The van der Waals surface area contributed by atoms with Gasteiger partial charge in [0.15, 0.2) is 0 Å². The maximum absolute atomic E-state index is 11.9. The number of esters is 1. The van der Waals surface area contributed by atoms with Crippen LogP contribution in [0.3, 0.4) is 0 Å². The van der Waals surface area contributed by atoms with Crippen LogP contribution >= 0.6 is 11.8 Å². The zero-order chi connectivity index (χ0) is 15.0. The van der Waals surface area contributed by atoms with Gasteiger partial charge in [-0.05, 0) is 37.1 Å². The average molecular weight is 295 g/mol. The quantitative estimate of drug-likeness (QED) is 0.583. The summed E-state index contributed by atoms with van der Waals surface area (Å²) in [6.07, 6.45) is 3.07. The standard InChI is InChI=1S/C16H25NO2S/c1-5-12(2)14-8-6-7-9-15(14)17-13(3)16(18)19-10-11-20-4/h6-9,12-13,17H,5,10-11H2,1-4H3/t12?,13-/m0/s1. The summed E-state index contributed by atoms with van der Waals surface area (Å²) in [4.78, 5) is 11.9. The van der Waals surface area contributed by atoms with Crippen LogP contribution in [0.15, 0.2) is 24.3 Å². The van der Waals surface area contributed by atoms with E-state index in [4.69, 9.17) is 4.74 Å². The van der Waals surface area contributed by atoms with Gasteiger partial charge in [-0.15, -0.1) is 0 Å². The number of carbonyl (C=O) groups is 1. The Hall–Kier alpha value is -1.16. The minimum atomic E-state index is -0.331. The molecule has 0 saturated heterocycles.